The maximum atomic E-state index is 5.77. The number of aromatic nitrogens is 10. The van der Waals surface area contributed by atoms with Crippen molar-refractivity contribution >= 4 is 175 Å². The lowest BCUT2D eigenvalue weighted by Crippen LogP contribution is -1.97. The van der Waals surface area contributed by atoms with Crippen LogP contribution in [0.3, 0.4) is 0 Å². The van der Waals surface area contributed by atoms with Gasteiger partial charge in [-0.15, -0.1) is 0 Å². The minimum atomic E-state index is 0.727. The van der Waals surface area contributed by atoms with Gasteiger partial charge in [0.05, 0.1) is 110 Å². The molecule has 0 unspecified atom stereocenters. The van der Waals surface area contributed by atoms with E-state index >= 15 is 0 Å². The molecule has 10 heteroatoms. The molecular formula is C74H44N10. The first-order valence-electron chi connectivity index (χ1n) is 28.5. The summed E-state index contributed by atoms with van der Waals surface area (Å²) in [7, 11) is 0. The van der Waals surface area contributed by atoms with Crippen LogP contribution in [-0.2, 0) is 0 Å². The Hall–Kier alpha value is -11.1. The standard InChI is InChI=1S/C74H44N10/c1-35-41-19-11-23-45-53-31-27-49-67(75-53)68-50(28-32-54(76-68)46-24-12-20-42-36(2)60(80-64(42)46)57(59(35)79-63(41)45)39-15-7-5-8-16-39)72-71(49)83-73-51-29-33-55-47-25-13-21-43-37(3)61(81-65(43)47)58(40-17-9-6-10-18-40)62-38(4)44-22-14-26-48(66(44)82-62)56-34-30-52(74(73)84-72)70(78-56)69(51)77-55/h5-34,79,82H,1-4H3. The SMILES string of the molecule is Cc1c2nc3c1cccc3c1ccc3c(n1)c1nc(ccc1c1nc4c5ccc6nc5c5nc(ccc5c4nc31)c1cccc3c(C)c([nH]c31)c(-c1ccccc1)c1nc3c(cccc63)c1C)c1cccc3c(C)c([nH]c31)c2-c1ccccc1. The molecule has 0 atom stereocenters. The third-order valence-corrected chi connectivity index (χ3v) is 18.4. The van der Waals surface area contributed by atoms with E-state index in [1.54, 1.807) is 0 Å². The van der Waals surface area contributed by atoms with Crippen molar-refractivity contribution in [2.75, 3.05) is 0 Å². The maximum Gasteiger partial charge on any atom is 0.0996 e. The number of fused-ring (bicyclic) bond motifs is 18. The van der Waals surface area contributed by atoms with Gasteiger partial charge < -0.3 is 9.97 Å². The van der Waals surface area contributed by atoms with Crippen LogP contribution in [0.25, 0.3) is 197 Å². The molecule has 10 nitrogen and oxygen atoms in total. The Morgan fingerprint density at radius 1 is 0.202 bits per heavy atom. The lowest BCUT2D eigenvalue weighted by Gasteiger charge is -2.13. The van der Waals surface area contributed by atoms with E-state index in [0.29, 0.717) is 0 Å². The molecule has 19 aromatic rings. The highest BCUT2D eigenvalue weighted by atomic mass is 14.9. The smallest absolute Gasteiger partial charge is 0.0996 e. The summed E-state index contributed by atoms with van der Waals surface area (Å²) < 4.78 is 0. The van der Waals surface area contributed by atoms with Gasteiger partial charge in [-0.2, -0.15) is 0 Å². The van der Waals surface area contributed by atoms with Crippen molar-refractivity contribution in [1.29, 1.82) is 0 Å². The molecular weight excluding hydrogens is 1030 g/mol. The van der Waals surface area contributed by atoms with Gasteiger partial charge in [0.25, 0.3) is 0 Å². The number of nitrogens with one attached hydrogen (secondary N) is 2. The van der Waals surface area contributed by atoms with E-state index in [0.717, 1.165) is 219 Å². The molecule has 84 heavy (non-hydrogen) atoms. The Bertz CT molecular complexity index is 5550. The maximum absolute atomic E-state index is 5.77. The molecule has 19 rings (SSSR count). The first-order valence-corrected chi connectivity index (χ1v) is 28.5. The molecule has 2 N–H and O–H groups in total. The van der Waals surface area contributed by atoms with Crippen LogP contribution < -0.4 is 0 Å². The van der Waals surface area contributed by atoms with Gasteiger partial charge in [0.2, 0.25) is 0 Å². The van der Waals surface area contributed by atoms with Gasteiger partial charge in [-0.25, -0.2) is 39.9 Å². The van der Waals surface area contributed by atoms with Crippen molar-refractivity contribution in [2.24, 2.45) is 0 Å². The predicted molar refractivity (Wildman–Crippen MR) is 347 cm³/mol. The number of para-hydroxylation sites is 4. The van der Waals surface area contributed by atoms with Gasteiger partial charge in [0, 0.05) is 75.8 Å². The lowest BCUT2D eigenvalue weighted by molar-refractivity contribution is 1.40. The lowest BCUT2D eigenvalue weighted by atomic mass is 10.0. The summed E-state index contributed by atoms with van der Waals surface area (Å²) in [6, 6.07) is 64.2. The fourth-order valence-electron chi connectivity index (χ4n) is 14.2. The van der Waals surface area contributed by atoms with Crippen LogP contribution >= 0.6 is 0 Å². The zero-order chi connectivity index (χ0) is 55.4. The van der Waals surface area contributed by atoms with E-state index in [1.165, 1.54) is 0 Å². The Morgan fingerprint density at radius 2 is 0.500 bits per heavy atom. The van der Waals surface area contributed by atoms with Crippen LogP contribution in [0, 0.1) is 27.7 Å². The van der Waals surface area contributed by atoms with Crippen molar-refractivity contribution < 1.29 is 0 Å². The highest BCUT2D eigenvalue weighted by Crippen LogP contribution is 2.44. The first kappa shape index (κ1) is 45.6. The largest absolute Gasteiger partial charge is 0.354 e. The number of rotatable bonds is 2. The summed E-state index contributed by atoms with van der Waals surface area (Å²) in [5.74, 6) is 0. The predicted octanol–water partition coefficient (Wildman–Crippen LogP) is 18.5. The number of benzene rings is 8. The first-order chi connectivity index (χ1) is 41.3. The topological polar surface area (TPSA) is 135 Å². The van der Waals surface area contributed by atoms with Crippen LogP contribution in [0.1, 0.15) is 22.3 Å². The molecule has 11 aromatic heterocycles. The van der Waals surface area contributed by atoms with Crippen molar-refractivity contribution in [2.45, 2.75) is 27.7 Å². The number of H-pyrrole nitrogens is 2. The molecule has 0 aliphatic carbocycles. The molecule has 16 bridgehead atoms. The molecule has 0 saturated carbocycles. The second kappa shape index (κ2) is 16.3. The molecule has 0 amide bonds. The van der Waals surface area contributed by atoms with Crippen LogP contribution in [0.2, 0.25) is 0 Å². The monoisotopic (exact) mass is 1070 g/mol. The van der Waals surface area contributed by atoms with Crippen molar-refractivity contribution in [3.8, 4) is 22.3 Å². The number of pyridine rings is 4. The fourth-order valence-corrected chi connectivity index (χ4v) is 14.2. The fraction of sp³-hybridized carbons (Fsp3) is 0.0541. The summed E-state index contributed by atoms with van der Waals surface area (Å²) in [5.41, 5.74) is 25.7. The quantitative estimate of drug-likeness (QED) is 0.129. The summed E-state index contributed by atoms with van der Waals surface area (Å²) >= 11 is 0. The van der Waals surface area contributed by atoms with Gasteiger partial charge in [-0.05, 0) is 110 Å². The molecule has 0 radical (unpaired) electrons. The molecule has 8 aromatic carbocycles. The summed E-state index contributed by atoms with van der Waals surface area (Å²) in [5, 5.41) is 11.7. The van der Waals surface area contributed by atoms with E-state index in [4.69, 9.17) is 39.9 Å². The Kier molecular flexibility index (Phi) is 8.85. The van der Waals surface area contributed by atoms with Crippen molar-refractivity contribution in [1.82, 2.24) is 49.8 Å². The number of hydrogen-bond acceptors (Lipinski definition) is 8. The Balaban J connectivity index is 0.975. The zero-order valence-corrected chi connectivity index (χ0v) is 45.9. The number of aromatic amines is 2. The second-order valence-electron chi connectivity index (χ2n) is 22.8. The molecule has 0 spiro atoms. The van der Waals surface area contributed by atoms with Crippen molar-refractivity contribution in [3.05, 3.63) is 204 Å². The minimum absolute atomic E-state index is 0.727. The summed E-state index contributed by atoms with van der Waals surface area (Å²) in [6.45, 7) is 8.81. The van der Waals surface area contributed by atoms with Crippen LogP contribution in [0.4, 0.5) is 0 Å². The van der Waals surface area contributed by atoms with Crippen LogP contribution in [0.5, 0.6) is 0 Å². The summed E-state index contributed by atoms with van der Waals surface area (Å²) in [6.07, 6.45) is 0. The minimum Gasteiger partial charge on any atom is -0.354 e. The number of nitrogens with zero attached hydrogens (tertiary/aromatic N) is 8. The van der Waals surface area contributed by atoms with Crippen LogP contribution in [-0.4, -0.2) is 49.8 Å². The Labute approximate surface area is 476 Å². The average Bonchev–Trinajstić information content (AvgIpc) is 1.64. The van der Waals surface area contributed by atoms with Gasteiger partial charge in [-0.1, -0.05) is 133 Å². The van der Waals surface area contributed by atoms with E-state index in [1.807, 2.05) is 0 Å². The molecule has 390 valence electrons. The molecule has 0 fully saturated rings. The zero-order valence-electron chi connectivity index (χ0n) is 45.9. The summed E-state index contributed by atoms with van der Waals surface area (Å²) in [4.78, 5) is 53.3. The third kappa shape index (κ3) is 5.97. The number of aryl methyl sites for hydroxylation is 4. The normalized spacial score (nSPS) is 12.5. The van der Waals surface area contributed by atoms with Gasteiger partial charge in [-0.3, -0.25) is 0 Å². The molecule has 11 heterocycles. The highest BCUT2D eigenvalue weighted by Gasteiger charge is 2.24. The van der Waals surface area contributed by atoms with E-state index < -0.39 is 0 Å². The van der Waals surface area contributed by atoms with Crippen molar-refractivity contribution in [3.63, 3.8) is 0 Å². The third-order valence-electron chi connectivity index (χ3n) is 18.4. The van der Waals surface area contributed by atoms with Gasteiger partial charge >= 0.3 is 0 Å². The molecule has 0 saturated heterocycles. The van der Waals surface area contributed by atoms with Gasteiger partial charge in [0.1, 0.15) is 0 Å². The highest BCUT2D eigenvalue weighted by molar-refractivity contribution is 6.28. The average molecular weight is 1070 g/mol. The van der Waals surface area contributed by atoms with E-state index in [9.17, 15) is 0 Å². The Morgan fingerprint density at radius 3 is 0.869 bits per heavy atom. The van der Waals surface area contributed by atoms with E-state index in [-0.39, 0.29) is 0 Å². The number of hydrogen-bond donors (Lipinski definition) is 2. The van der Waals surface area contributed by atoms with Crippen LogP contribution in [0.15, 0.2) is 182 Å². The second-order valence-corrected chi connectivity index (χ2v) is 22.8. The van der Waals surface area contributed by atoms with Gasteiger partial charge in [0.15, 0.2) is 0 Å². The molecule has 0 aliphatic heterocycles. The molecule has 0 aliphatic rings. The van der Waals surface area contributed by atoms with E-state index in [2.05, 4.69) is 220 Å².